The molecule has 0 fully saturated rings. The Hall–Kier alpha value is -1.61. The minimum absolute atomic E-state index is 0.00540. The number of hydrogen-bond donors (Lipinski definition) is 2. The van der Waals surface area contributed by atoms with Crippen molar-refractivity contribution in [2.75, 3.05) is 6.54 Å². The molecule has 1 aromatic carbocycles. The van der Waals surface area contributed by atoms with Crippen molar-refractivity contribution in [1.82, 2.24) is 0 Å². The summed E-state index contributed by atoms with van der Waals surface area (Å²) in [6, 6.07) is 4.84. The van der Waals surface area contributed by atoms with E-state index in [2.05, 4.69) is 0 Å². The van der Waals surface area contributed by atoms with Crippen LogP contribution in [0.3, 0.4) is 0 Å². The predicted molar refractivity (Wildman–Crippen MR) is 51.6 cm³/mol. The topological polar surface area (TPSA) is 63.3 Å². The van der Waals surface area contributed by atoms with Gasteiger partial charge in [-0.2, -0.15) is 0 Å². The zero-order valence-electron chi connectivity index (χ0n) is 7.10. The Balaban J connectivity index is 2.95. The van der Waals surface area contributed by atoms with Crippen molar-refractivity contribution in [2.45, 2.75) is 0 Å². The molecule has 0 aliphatic heterocycles. The lowest BCUT2D eigenvalue weighted by atomic mass is 10.1. The van der Waals surface area contributed by atoms with Crippen molar-refractivity contribution in [2.24, 2.45) is 5.73 Å². The molecule has 0 unspecified atom stereocenters. The minimum Gasteiger partial charge on any atom is -0.507 e. The molecule has 3 heteroatoms. The maximum atomic E-state index is 10.4. The normalized spacial score (nSPS) is 10.5. The van der Waals surface area contributed by atoms with E-state index in [-0.39, 0.29) is 5.75 Å². The van der Waals surface area contributed by atoms with Crippen LogP contribution in [0.4, 0.5) is 0 Å². The Morgan fingerprint density at radius 3 is 2.77 bits per heavy atom. The fraction of sp³-hybridized carbons (Fsp3) is 0.100. The van der Waals surface area contributed by atoms with Crippen LogP contribution in [0.15, 0.2) is 24.3 Å². The van der Waals surface area contributed by atoms with Crippen molar-refractivity contribution >= 4 is 12.4 Å². The molecule has 1 aromatic rings. The van der Waals surface area contributed by atoms with E-state index in [0.29, 0.717) is 18.4 Å². The van der Waals surface area contributed by atoms with Crippen molar-refractivity contribution in [1.29, 1.82) is 0 Å². The first-order valence-electron chi connectivity index (χ1n) is 3.92. The Kier molecular flexibility index (Phi) is 3.23. The van der Waals surface area contributed by atoms with Gasteiger partial charge in [0, 0.05) is 6.54 Å². The molecule has 0 spiro atoms. The number of carbonyl (C=O) groups is 1. The second-order valence-corrected chi connectivity index (χ2v) is 2.57. The number of aldehydes is 1. The van der Waals surface area contributed by atoms with E-state index in [1.807, 2.05) is 0 Å². The number of benzene rings is 1. The first-order valence-corrected chi connectivity index (χ1v) is 3.92. The molecule has 0 aromatic heterocycles. The van der Waals surface area contributed by atoms with Gasteiger partial charge in [0.25, 0.3) is 0 Å². The lowest BCUT2D eigenvalue weighted by molar-refractivity contribution is 0.112. The smallest absolute Gasteiger partial charge is 0.153 e. The molecule has 0 radical (unpaired) electrons. The van der Waals surface area contributed by atoms with Gasteiger partial charge >= 0.3 is 0 Å². The molecule has 1 rings (SSSR count). The zero-order chi connectivity index (χ0) is 9.68. The standard InChI is InChI=1S/C10H11NO2/c11-5-1-2-8-3-4-9(7-12)10(13)6-8/h1-4,6-7,13H,5,11H2. The number of carbonyl (C=O) groups excluding carboxylic acids is 1. The first-order chi connectivity index (χ1) is 6.27. The fourth-order valence-electron chi connectivity index (χ4n) is 0.968. The second kappa shape index (κ2) is 4.42. The van der Waals surface area contributed by atoms with Gasteiger partial charge < -0.3 is 10.8 Å². The van der Waals surface area contributed by atoms with Crippen molar-refractivity contribution < 1.29 is 9.90 Å². The van der Waals surface area contributed by atoms with Gasteiger partial charge in [0.1, 0.15) is 5.75 Å². The van der Waals surface area contributed by atoms with Gasteiger partial charge in [0.15, 0.2) is 6.29 Å². The van der Waals surface area contributed by atoms with Crippen LogP contribution in [0.2, 0.25) is 0 Å². The van der Waals surface area contributed by atoms with E-state index in [1.165, 1.54) is 6.07 Å². The van der Waals surface area contributed by atoms with Gasteiger partial charge in [0.2, 0.25) is 0 Å². The van der Waals surface area contributed by atoms with Crippen LogP contribution in [-0.4, -0.2) is 17.9 Å². The summed E-state index contributed by atoms with van der Waals surface area (Å²) in [5.74, 6) is -0.00540. The van der Waals surface area contributed by atoms with Crippen LogP contribution in [0, 0.1) is 0 Å². The molecule has 13 heavy (non-hydrogen) atoms. The van der Waals surface area contributed by atoms with E-state index in [9.17, 15) is 9.90 Å². The number of aromatic hydroxyl groups is 1. The molecule has 3 N–H and O–H groups in total. The van der Waals surface area contributed by atoms with Crippen LogP contribution in [-0.2, 0) is 0 Å². The molecule has 0 bridgehead atoms. The highest BCUT2D eigenvalue weighted by molar-refractivity contribution is 5.79. The lowest BCUT2D eigenvalue weighted by Gasteiger charge is -1.98. The summed E-state index contributed by atoms with van der Waals surface area (Å²) in [6.45, 7) is 0.455. The van der Waals surface area contributed by atoms with Gasteiger partial charge in [-0.1, -0.05) is 18.2 Å². The summed E-state index contributed by atoms with van der Waals surface area (Å²) >= 11 is 0. The van der Waals surface area contributed by atoms with Gasteiger partial charge in [0.05, 0.1) is 5.56 Å². The summed E-state index contributed by atoms with van der Waals surface area (Å²) < 4.78 is 0. The van der Waals surface area contributed by atoms with Crippen LogP contribution in [0.5, 0.6) is 5.75 Å². The Labute approximate surface area is 76.5 Å². The second-order valence-electron chi connectivity index (χ2n) is 2.57. The summed E-state index contributed by atoms with van der Waals surface area (Å²) in [4.78, 5) is 10.4. The quantitative estimate of drug-likeness (QED) is 0.681. The average molecular weight is 177 g/mol. The van der Waals surface area contributed by atoms with Gasteiger partial charge in [-0.15, -0.1) is 0 Å². The average Bonchev–Trinajstić information content (AvgIpc) is 2.15. The van der Waals surface area contributed by atoms with Gasteiger partial charge in [-0.3, -0.25) is 4.79 Å². The summed E-state index contributed by atoms with van der Waals surface area (Å²) in [5.41, 5.74) is 6.39. The monoisotopic (exact) mass is 177 g/mol. The summed E-state index contributed by atoms with van der Waals surface area (Å²) in [5, 5.41) is 9.29. The SMILES string of the molecule is NCC=Cc1ccc(C=O)c(O)c1. The fourth-order valence-corrected chi connectivity index (χ4v) is 0.968. The van der Waals surface area contributed by atoms with Crippen molar-refractivity contribution in [3.8, 4) is 5.75 Å². The third-order valence-corrected chi connectivity index (χ3v) is 1.63. The molecule has 0 amide bonds. The Morgan fingerprint density at radius 2 is 2.23 bits per heavy atom. The number of phenols is 1. The summed E-state index contributed by atoms with van der Waals surface area (Å²) in [6.07, 6.45) is 4.18. The number of rotatable bonds is 3. The van der Waals surface area contributed by atoms with Gasteiger partial charge in [-0.25, -0.2) is 0 Å². The number of nitrogens with two attached hydrogens (primary N) is 1. The highest BCUT2D eigenvalue weighted by Crippen LogP contribution is 2.17. The van der Waals surface area contributed by atoms with E-state index >= 15 is 0 Å². The minimum atomic E-state index is -0.00540. The molecule has 3 nitrogen and oxygen atoms in total. The molecule has 0 saturated heterocycles. The zero-order valence-corrected chi connectivity index (χ0v) is 7.10. The molecule has 0 aliphatic rings. The third kappa shape index (κ3) is 2.42. The molecule has 68 valence electrons. The van der Waals surface area contributed by atoms with E-state index in [4.69, 9.17) is 5.73 Å². The van der Waals surface area contributed by atoms with Crippen LogP contribution >= 0.6 is 0 Å². The molecule has 0 atom stereocenters. The molecular formula is C10H11NO2. The number of hydrogen-bond acceptors (Lipinski definition) is 3. The van der Waals surface area contributed by atoms with Crippen LogP contribution < -0.4 is 5.73 Å². The number of phenolic OH excluding ortho intramolecular Hbond substituents is 1. The van der Waals surface area contributed by atoms with E-state index in [1.54, 1.807) is 24.3 Å². The first kappa shape index (κ1) is 9.48. The van der Waals surface area contributed by atoms with Crippen LogP contribution in [0.1, 0.15) is 15.9 Å². The van der Waals surface area contributed by atoms with Crippen molar-refractivity contribution in [3.05, 3.63) is 35.4 Å². The Bertz CT molecular complexity index is 332. The maximum Gasteiger partial charge on any atom is 0.153 e. The maximum absolute atomic E-state index is 10.4. The molecule has 0 saturated carbocycles. The van der Waals surface area contributed by atoms with E-state index in [0.717, 1.165) is 5.56 Å². The van der Waals surface area contributed by atoms with E-state index < -0.39 is 0 Å². The Morgan fingerprint density at radius 1 is 1.46 bits per heavy atom. The van der Waals surface area contributed by atoms with Crippen LogP contribution in [0.25, 0.3) is 6.08 Å². The largest absolute Gasteiger partial charge is 0.507 e. The molecular weight excluding hydrogens is 166 g/mol. The summed E-state index contributed by atoms with van der Waals surface area (Å²) in [7, 11) is 0. The highest BCUT2D eigenvalue weighted by Gasteiger charge is 1.98. The lowest BCUT2D eigenvalue weighted by Crippen LogP contribution is -1.92. The predicted octanol–water partition coefficient (Wildman–Crippen LogP) is 1.18. The highest BCUT2D eigenvalue weighted by atomic mass is 16.3. The van der Waals surface area contributed by atoms with Crippen molar-refractivity contribution in [3.63, 3.8) is 0 Å². The molecule has 0 heterocycles. The van der Waals surface area contributed by atoms with Gasteiger partial charge in [-0.05, 0) is 17.7 Å². The third-order valence-electron chi connectivity index (χ3n) is 1.63. The molecule has 0 aliphatic carbocycles.